The maximum absolute atomic E-state index is 12.3. The molecule has 0 fully saturated rings. The normalized spacial score (nSPS) is 11.1. The first-order valence-electron chi connectivity index (χ1n) is 7.56. The third kappa shape index (κ3) is 4.83. The average Bonchev–Trinajstić information content (AvgIpc) is 2.55. The van der Waals surface area contributed by atoms with E-state index in [1.54, 1.807) is 32.2 Å². The Morgan fingerprint density at radius 3 is 2.58 bits per heavy atom. The predicted molar refractivity (Wildman–Crippen MR) is 95.3 cm³/mol. The summed E-state index contributed by atoms with van der Waals surface area (Å²) in [4.78, 5) is 11.5. The number of carbonyl (C=O) groups excluding carboxylic acids is 1. The van der Waals surface area contributed by atoms with Crippen molar-refractivity contribution in [2.75, 3.05) is 17.6 Å². The number of hydrogen-bond acceptors (Lipinski definition) is 4. The van der Waals surface area contributed by atoms with Crippen LogP contribution >= 0.6 is 0 Å². The first-order valence-corrected chi connectivity index (χ1v) is 9.21. The van der Waals surface area contributed by atoms with Crippen molar-refractivity contribution in [3.63, 3.8) is 0 Å². The smallest absolute Gasteiger partial charge is 0.233 e. The molecular weight excluding hydrogens is 326 g/mol. The SMILES string of the molecule is COc1cccc(CCS(=O)(=O)Nc2cc(C(C)=O)ccc2C)c1. The lowest BCUT2D eigenvalue weighted by molar-refractivity contribution is 0.101. The Balaban J connectivity index is 2.11. The van der Waals surface area contributed by atoms with E-state index in [0.29, 0.717) is 23.4 Å². The lowest BCUT2D eigenvalue weighted by Gasteiger charge is -2.12. The molecule has 0 spiro atoms. The second-order valence-corrected chi connectivity index (χ2v) is 7.45. The summed E-state index contributed by atoms with van der Waals surface area (Å²) in [5.41, 5.74) is 2.57. The zero-order chi connectivity index (χ0) is 17.7. The number of nitrogens with one attached hydrogen (secondary N) is 1. The van der Waals surface area contributed by atoms with Crippen LogP contribution in [0.15, 0.2) is 42.5 Å². The lowest BCUT2D eigenvalue weighted by atomic mass is 10.1. The standard InChI is InChI=1S/C18H21NO4S/c1-13-7-8-16(14(2)20)12-18(13)19-24(21,22)10-9-15-5-4-6-17(11-15)23-3/h4-8,11-12,19H,9-10H2,1-3H3. The summed E-state index contributed by atoms with van der Waals surface area (Å²) in [6, 6.07) is 12.3. The fraction of sp³-hybridized carbons (Fsp3) is 0.278. The van der Waals surface area contributed by atoms with Crippen LogP contribution in [0.3, 0.4) is 0 Å². The summed E-state index contributed by atoms with van der Waals surface area (Å²) in [6.07, 6.45) is 0.373. The summed E-state index contributed by atoms with van der Waals surface area (Å²) in [5.74, 6) is 0.541. The highest BCUT2D eigenvalue weighted by Gasteiger charge is 2.13. The van der Waals surface area contributed by atoms with Crippen molar-refractivity contribution in [2.24, 2.45) is 0 Å². The summed E-state index contributed by atoms with van der Waals surface area (Å²) in [7, 11) is -1.95. The molecule has 0 aromatic heterocycles. The highest BCUT2D eigenvalue weighted by Crippen LogP contribution is 2.19. The van der Waals surface area contributed by atoms with E-state index in [4.69, 9.17) is 4.74 Å². The van der Waals surface area contributed by atoms with Crippen LogP contribution in [-0.2, 0) is 16.4 Å². The topological polar surface area (TPSA) is 72.5 Å². The number of hydrogen-bond donors (Lipinski definition) is 1. The van der Waals surface area contributed by atoms with E-state index in [0.717, 1.165) is 11.1 Å². The molecule has 6 heteroatoms. The first-order chi connectivity index (χ1) is 11.3. The van der Waals surface area contributed by atoms with Gasteiger partial charge in [0, 0.05) is 5.56 Å². The quantitative estimate of drug-likeness (QED) is 0.781. The summed E-state index contributed by atoms with van der Waals surface area (Å²) in [6.45, 7) is 3.25. The van der Waals surface area contributed by atoms with Crippen LogP contribution in [0.4, 0.5) is 5.69 Å². The van der Waals surface area contributed by atoms with Crippen molar-refractivity contribution in [3.8, 4) is 5.75 Å². The minimum absolute atomic E-state index is 0.0517. The molecule has 0 aliphatic rings. The van der Waals surface area contributed by atoms with Gasteiger partial charge in [-0.1, -0.05) is 24.3 Å². The fourth-order valence-corrected chi connectivity index (χ4v) is 3.41. The zero-order valence-electron chi connectivity index (χ0n) is 14.0. The number of ether oxygens (including phenoxy) is 1. The Morgan fingerprint density at radius 2 is 1.92 bits per heavy atom. The van der Waals surface area contributed by atoms with Gasteiger partial charge in [-0.2, -0.15) is 0 Å². The van der Waals surface area contributed by atoms with Gasteiger partial charge in [0.25, 0.3) is 0 Å². The Bertz CT molecular complexity index is 844. The van der Waals surface area contributed by atoms with E-state index in [2.05, 4.69) is 4.72 Å². The highest BCUT2D eigenvalue weighted by atomic mass is 32.2. The second kappa shape index (κ2) is 7.49. The summed E-state index contributed by atoms with van der Waals surface area (Å²) in [5, 5.41) is 0. The van der Waals surface area contributed by atoms with E-state index >= 15 is 0 Å². The number of rotatable bonds is 7. The van der Waals surface area contributed by atoms with Gasteiger partial charge in [0.1, 0.15) is 5.75 Å². The molecule has 5 nitrogen and oxygen atoms in total. The Kier molecular flexibility index (Phi) is 5.62. The van der Waals surface area contributed by atoms with E-state index in [-0.39, 0.29) is 11.5 Å². The van der Waals surface area contributed by atoms with Crippen molar-refractivity contribution in [1.82, 2.24) is 0 Å². The molecule has 0 radical (unpaired) electrons. The molecule has 24 heavy (non-hydrogen) atoms. The molecule has 0 saturated heterocycles. The van der Waals surface area contributed by atoms with Gasteiger partial charge in [-0.05, 0) is 49.6 Å². The fourth-order valence-electron chi connectivity index (χ4n) is 2.25. The van der Waals surface area contributed by atoms with Crippen LogP contribution in [0.5, 0.6) is 5.75 Å². The maximum atomic E-state index is 12.3. The van der Waals surface area contributed by atoms with Gasteiger partial charge >= 0.3 is 0 Å². The Hall–Kier alpha value is -2.34. The zero-order valence-corrected chi connectivity index (χ0v) is 14.8. The molecular formula is C18H21NO4S. The van der Waals surface area contributed by atoms with Crippen molar-refractivity contribution in [1.29, 1.82) is 0 Å². The molecule has 0 amide bonds. The number of Topliss-reactive ketones (excluding diaryl/α,β-unsaturated/α-hetero) is 1. The number of carbonyl (C=O) groups is 1. The third-order valence-corrected chi connectivity index (χ3v) is 4.98. The molecule has 0 heterocycles. The molecule has 0 bridgehead atoms. The number of ketones is 1. The van der Waals surface area contributed by atoms with Crippen LogP contribution in [0.2, 0.25) is 0 Å². The number of aryl methyl sites for hydroxylation is 2. The number of sulfonamides is 1. The molecule has 0 saturated carbocycles. The minimum Gasteiger partial charge on any atom is -0.497 e. The minimum atomic E-state index is -3.52. The van der Waals surface area contributed by atoms with E-state index in [9.17, 15) is 13.2 Å². The predicted octanol–water partition coefficient (Wildman–Crippen LogP) is 3.19. The highest BCUT2D eigenvalue weighted by molar-refractivity contribution is 7.92. The lowest BCUT2D eigenvalue weighted by Crippen LogP contribution is -2.19. The Labute approximate surface area is 142 Å². The second-order valence-electron chi connectivity index (χ2n) is 5.61. The number of methoxy groups -OCH3 is 1. The van der Waals surface area contributed by atoms with Gasteiger partial charge in [0.15, 0.2) is 5.78 Å². The van der Waals surface area contributed by atoms with Crippen molar-refractivity contribution >= 4 is 21.5 Å². The van der Waals surface area contributed by atoms with Gasteiger partial charge in [0.2, 0.25) is 10.0 Å². The third-order valence-electron chi connectivity index (χ3n) is 3.70. The number of anilines is 1. The average molecular weight is 347 g/mol. The number of benzene rings is 2. The molecule has 2 aromatic carbocycles. The van der Waals surface area contributed by atoms with Crippen molar-refractivity contribution in [2.45, 2.75) is 20.3 Å². The molecule has 2 rings (SSSR count). The molecule has 1 N–H and O–H groups in total. The molecule has 0 unspecified atom stereocenters. The Morgan fingerprint density at radius 1 is 1.17 bits per heavy atom. The van der Waals surface area contributed by atoms with Crippen LogP contribution < -0.4 is 9.46 Å². The monoisotopic (exact) mass is 347 g/mol. The van der Waals surface area contributed by atoms with Gasteiger partial charge in [0.05, 0.1) is 18.6 Å². The van der Waals surface area contributed by atoms with E-state index in [1.807, 2.05) is 24.3 Å². The largest absolute Gasteiger partial charge is 0.497 e. The maximum Gasteiger partial charge on any atom is 0.233 e. The van der Waals surface area contributed by atoms with Crippen molar-refractivity contribution in [3.05, 3.63) is 59.2 Å². The van der Waals surface area contributed by atoms with Gasteiger partial charge in [-0.3, -0.25) is 9.52 Å². The van der Waals surface area contributed by atoms with Crippen LogP contribution in [0, 0.1) is 6.92 Å². The van der Waals surface area contributed by atoms with E-state index < -0.39 is 10.0 Å². The van der Waals surface area contributed by atoms with Gasteiger partial charge in [-0.25, -0.2) is 8.42 Å². The van der Waals surface area contributed by atoms with E-state index in [1.165, 1.54) is 6.92 Å². The first kappa shape index (κ1) is 18.0. The summed E-state index contributed by atoms with van der Waals surface area (Å²) < 4.78 is 32.4. The summed E-state index contributed by atoms with van der Waals surface area (Å²) >= 11 is 0. The molecule has 128 valence electrons. The van der Waals surface area contributed by atoms with Crippen LogP contribution in [0.25, 0.3) is 0 Å². The van der Waals surface area contributed by atoms with Gasteiger partial charge < -0.3 is 4.74 Å². The van der Waals surface area contributed by atoms with Crippen LogP contribution in [-0.4, -0.2) is 27.1 Å². The van der Waals surface area contributed by atoms with Crippen molar-refractivity contribution < 1.29 is 17.9 Å². The molecule has 2 aromatic rings. The van der Waals surface area contributed by atoms with Crippen LogP contribution in [0.1, 0.15) is 28.4 Å². The molecule has 0 atom stereocenters. The molecule has 0 aliphatic heterocycles. The van der Waals surface area contributed by atoms with Gasteiger partial charge in [-0.15, -0.1) is 0 Å². The molecule has 0 aliphatic carbocycles.